The third-order valence-corrected chi connectivity index (χ3v) is 4.94. The number of pyridine rings is 1. The fourth-order valence-corrected chi connectivity index (χ4v) is 3.44. The number of piperazine rings is 1. The second-order valence-corrected chi connectivity index (χ2v) is 6.76. The molecular weight excluding hydrogens is 354 g/mol. The lowest BCUT2D eigenvalue weighted by Crippen LogP contribution is -2.49. The van der Waals surface area contributed by atoms with Crippen LogP contribution in [0.2, 0.25) is 5.02 Å². The smallest absolute Gasteiger partial charge is 0.325 e. The van der Waals surface area contributed by atoms with Crippen LogP contribution in [0.25, 0.3) is 0 Å². The van der Waals surface area contributed by atoms with Gasteiger partial charge in [-0.2, -0.15) is 0 Å². The van der Waals surface area contributed by atoms with Crippen LogP contribution in [-0.4, -0.2) is 54.2 Å². The molecule has 1 aromatic heterocycles. The van der Waals surface area contributed by atoms with E-state index in [1.165, 1.54) is 0 Å². The van der Waals surface area contributed by atoms with Crippen molar-refractivity contribution in [3.63, 3.8) is 0 Å². The van der Waals surface area contributed by atoms with Crippen LogP contribution in [0.3, 0.4) is 0 Å². The molecule has 0 unspecified atom stereocenters. The molecule has 1 atom stereocenters. The standard InChI is InChI=1S/C19H22ClN3O3/c1-13-11-15(26-2)4-5-16(13)18(19(24)25)23-9-7-22(8-10-23)17-6-3-14(20)12-21-17/h3-6,11-12,18H,7-10H2,1-2H3,(H,24,25)/t18-/m0/s1. The Bertz CT molecular complexity index is 774. The van der Waals surface area contributed by atoms with Crippen molar-refractivity contribution < 1.29 is 14.6 Å². The lowest BCUT2D eigenvalue weighted by molar-refractivity contribution is -0.143. The summed E-state index contributed by atoms with van der Waals surface area (Å²) < 4.78 is 5.22. The molecule has 1 aliphatic rings. The highest BCUT2D eigenvalue weighted by Gasteiger charge is 2.31. The number of aryl methyl sites for hydroxylation is 1. The van der Waals surface area contributed by atoms with E-state index in [0.717, 1.165) is 22.7 Å². The number of benzene rings is 1. The van der Waals surface area contributed by atoms with Gasteiger partial charge in [0.1, 0.15) is 17.6 Å². The van der Waals surface area contributed by atoms with Crippen molar-refractivity contribution in [2.24, 2.45) is 0 Å². The van der Waals surface area contributed by atoms with Crippen LogP contribution in [0.1, 0.15) is 17.2 Å². The molecule has 2 heterocycles. The summed E-state index contributed by atoms with van der Waals surface area (Å²) >= 11 is 5.89. The highest BCUT2D eigenvalue weighted by atomic mass is 35.5. The number of carboxylic acid groups (broad SMARTS) is 1. The van der Waals surface area contributed by atoms with E-state index in [1.54, 1.807) is 13.3 Å². The zero-order valence-electron chi connectivity index (χ0n) is 14.9. The van der Waals surface area contributed by atoms with Crippen LogP contribution in [0, 0.1) is 6.92 Å². The summed E-state index contributed by atoms with van der Waals surface area (Å²) in [6.07, 6.45) is 1.63. The molecule has 2 aromatic rings. The van der Waals surface area contributed by atoms with E-state index in [-0.39, 0.29) is 0 Å². The zero-order chi connectivity index (χ0) is 18.7. The van der Waals surface area contributed by atoms with Gasteiger partial charge in [-0.05, 0) is 42.3 Å². The van der Waals surface area contributed by atoms with Gasteiger partial charge >= 0.3 is 5.97 Å². The minimum atomic E-state index is -0.837. The Hall–Kier alpha value is -2.31. The number of aromatic nitrogens is 1. The minimum absolute atomic E-state index is 0.605. The van der Waals surface area contributed by atoms with Crippen LogP contribution in [0.4, 0.5) is 5.82 Å². The number of methoxy groups -OCH3 is 1. The summed E-state index contributed by atoms with van der Waals surface area (Å²) in [5.74, 6) is 0.756. The SMILES string of the molecule is COc1ccc([C@@H](C(=O)O)N2CCN(c3ccc(Cl)cn3)CC2)c(C)c1. The van der Waals surface area contributed by atoms with Crippen LogP contribution in [-0.2, 0) is 4.79 Å². The number of carboxylic acids is 1. The zero-order valence-corrected chi connectivity index (χ0v) is 15.6. The molecule has 1 saturated heterocycles. The van der Waals surface area contributed by atoms with Gasteiger partial charge < -0.3 is 14.7 Å². The minimum Gasteiger partial charge on any atom is -0.497 e. The fourth-order valence-electron chi connectivity index (χ4n) is 3.33. The molecule has 1 aromatic carbocycles. The molecule has 1 N–H and O–H groups in total. The number of hydrogen-bond acceptors (Lipinski definition) is 5. The first-order valence-electron chi connectivity index (χ1n) is 8.47. The van der Waals surface area contributed by atoms with Gasteiger partial charge in [0.25, 0.3) is 0 Å². The Morgan fingerprint density at radius 1 is 1.23 bits per heavy atom. The molecule has 0 amide bonds. The fraction of sp³-hybridized carbons (Fsp3) is 0.368. The van der Waals surface area contributed by atoms with Crippen LogP contribution < -0.4 is 9.64 Å². The largest absolute Gasteiger partial charge is 0.497 e. The third-order valence-electron chi connectivity index (χ3n) is 4.72. The molecule has 1 fully saturated rings. The molecule has 0 bridgehead atoms. The predicted octanol–water partition coefficient (Wildman–Crippen LogP) is 3.00. The number of carbonyl (C=O) groups is 1. The summed E-state index contributed by atoms with van der Waals surface area (Å²) in [7, 11) is 1.60. The summed E-state index contributed by atoms with van der Waals surface area (Å²) in [6.45, 7) is 4.64. The van der Waals surface area contributed by atoms with Crippen molar-refractivity contribution in [2.75, 3.05) is 38.2 Å². The Balaban J connectivity index is 1.75. The summed E-state index contributed by atoms with van der Waals surface area (Å²) in [4.78, 5) is 20.5. The lowest BCUT2D eigenvalue weighted by Gasteiger charge is -2.38. The van der Waals surface area contributed by atoms with E-state index in [0.29, 0.717) is 31.2 Å². The average Bonchev–Trinajstić information content (AvgIpc) is 2.64. The second kappa shape index (κ2) is 7.93. The van der Waals surface area contributed by atoms with Gasteiger partial charge in [0.05, 0.1) is 12.1 Å². The molecule has 0 spiro atoms. The van der Waals surface area contributed by atoms with E-state index in [4.69, 9.17) is 16.3 Å². The van der Waals surface area contributed by atoms with Crippen LogP contribution in [0.15, 0.2) is 36.5 Å². The third kappa shape index (κ3) is 3.92. The summed E-state index contributed by atoms with van der Waals surface area (Å²) in [5, 5.41) is 10.4. The second-order valence-electron chi connectivity index (χ2n) is 6.32. The van der Waals surface area contributed by atoms with Gasteiger partial charge in [0, 0.05) is 32.4 Å². The predicted molar refractivity (Wildman–Crippen MR) is 101 cm³/mol. The lowest BCUT2D eigenvalue weighted by atomic mass is 9.99. The number of hydrogen-bond donors (Lipinski definition) is 1. The highest BCUT2D eigenvalue weighted by Crippen LogP contribution is 2.29. The molecule has 3 rings (SSSR count). The molecule has 1 aliphatic heterocycles. The maximum atomic E-state index is 12.0. The number of rotatable bonds is 5. The van der Waals surface area contributed by atoms with Crippen molar-refractivity contribution in [2.45, 2.75) is 13.0 Å². The first-order chi connectivity index (χ1) is 12.5. The van der Waals surface area contributed by atoms with Gasteiger partial charge in [-0.1, -0.05) is 17.7 Å². The molecule has 26 heavy (non-hydrogen) atoms. The van der Waals surface area contributed by atoms with Crippen molar-refractivity contribution in [3.8, 4) is 5.75 Å². The number of anilines is 1. The Morgan fingerprint density at radius 3 is 2.50 bits per heavy atom. The Morgan fingerprint density at radius 2 is 1.96 bits per heavy atom. The van der Waals surface area contributed by atoms with Crippen molar-refractivity contribution >= 4 is 23.4 Å². The van der Waals surface area contributed by atoms with Crippen LogP contribution >= 0.6 is 11.6 Å². The Kier molecular flexibility index (Phi) is 5.64. The summed E-state index contributed by atoms with van der Waals surface area (Å²) in [6, 6.07) is 8.57. The van der Waals surface area contributed by atoms with Gasteiger partial charge in [0.2, 0.25) is 0 Å². The monoisotopic (exact) mass is 375 g/mol. The molecule has 0 aliphatic carbocycles. The first kappa shape index (κ1) is 18.5. The molecule has 6 nitrogen and oxygen atoms in total. The van der Waals surface area contributed by atoms with Gasteiger partial charge in [-0.25, -0.2) is 4.98 Å². The Labute approximate surface area is 158 Å². The molecule has 0 radical (unpaired) electrons. The van der Waals surface area contributed by atoms with E-state index in [1.807, 2.05) is 42.2 Å². The number of ether oxygens (including phenoxy) is 1. The first-order valence-corrected chi connectivity index (χ1v) is 8.85. The van der Waals surface area contributed by atoms with E-state index in [9.17, 15) is 9.90 Å². The normalized spacial score (nSPS) is 16.3. The quantitative estimate of drug-likeness (QED) is 0.866. The number of aliphatic carboxylic acids is 1. The average molecular weight is 376 g/mol. The molecule has 138 valence electrons. The van der Waals surface area contributed by atoms with Gasteiger partial charge in [-0.15, -0.1) is 0 Å². The van der Waals surface area contributed by atoms with Gasteiger partial charge in [0.15, 0.2) is 0 Å². The van der Waals surface area contributed by atoms with Crippen LogP contribution in [0.5, 0.6) is 5.75 Å². The van der Waals surface area contributed by atoms with Gasteiger partial charge in [-0.3, -0.25) is 9.69 Å². The van der Waals surface area contributed by atoms with Crippen molar-refractivity contribution in [3.05, 3.63) is 52.7 Å². The van der Waals surface area contributed by atoms with E-state index >= 15 is 0 Å². The number of halogens is 1. The molecule has 7 heteroatoms. The summed E-state index contributed by atoms with van der Waals surface area (Å²) in [5.41, 5.74) is 1.72. The maximum absolute atomic E-state index is 12.0. The van der Waals surface area contributed by atoms with E-state index < -0.39 is 12.0 Å². The molecular formula is C19H22ClN3O3. The van der Waals surface area contributed by atoms with E-state index in [2.05, 4.69) is 9.88 Å². The highest BCUT2D eigenvalue weighted by molar-refractivity contribution is 6.30. The molecule has 0 saturated carbocycles. The number of nitrogens with zero attached hydrogens (tertiary/aromatic N) is 3. The van der Waals surface area contributed by atoms with Crippen molar-refractivity contribution in [1.29, 1.82) is 0 Å². The maximum Gasteiger partial charge on any atom is 0.325 e. The van der Waals surface area contributed by atoms with Crippen molar-refractivity contribution in [1.82, 2.24) is 9.88 Å². The topological polar surface area (TPSA) is 65.9 Å².